The smallest absolute Gasteiger partial charge is 0.337 e. The van der Waals surface area contributed by atoms with E-state index in [2.05, 4.69) is 20.7 Å². The zero-order chi connectivity index (χ0) is 21.5. The van der Waals surface area contributed by atoms with Crippen LogP contribution in [0.5, 0.6) is 0 Å². The molecule has 0 bridgehead atoms. The number of carboxylic acid groups (broad SMARTS) is 1. The third kappa shape index (κ3) is 5.12. The second-order valence-electron chi connectivity index (χ2n) is 6.42. The first-order valence-corrected chi connectivity index (χ1v) is 10.3. The Hall–Kier alpha value is -3.46. The van der Waals surface area contributed by atoms with Gasteiger partial charge >= 0.3 is 5.16 Å². The molecule has 0 radical (unpaired) electrons. The summed E-state index contributed by atoms with van der Waals surface area (Å²) in [6, 6.07) is 14.4. The second kappa shape index (κ2) is 9.84. The molecule has 1 heterocycles. The lowest BCUT2D eigenvalue weighted by Crippen LogP contribution is -2.36. The number of thioether (sulfide) groups is 1. The van der Waals surface area contributed by atoms with Gasteiger partial charge in [-0.1, -0.05) is 42.0 Å². The summed E-state index contributed by atoms with van der Waals surface area (Å²) >= 11 is 1.28. The van der Waals surface area contributed by atoms with Gasteiger partial charge in [-0.25, -0.2) is 9.99 Å². The largest absolute Gasteiger partial charge is 0.545 e. The van der Waals surface area contributed by atoms with Crippen LogP contribution in [0, 0.1) is 6.92 Å². The number of H-pyrrole nitrogens is 1. The Kier molecular flexibility index (Phi) is 6.97. The third-order valence-electron chi connectivity index (χ3n) is 4.31. The van der Waals surface area contributed by atoms with Gasteiger partial charge in [0.15, 0.2) is 0 Å². The number of aromatic carboxylic acids is 1. The van der Waals surface area contributed by atoms with Gasteiger partial charge in [0.1, 0.15) is 0 Å². The van der Waals surface area contributed by atoms with E-state index in [1.165, 1.54) is 29.6 Å². The van der Waals surface area contributed by atoms with Gasteiger partial charge in [-0.2, -0.15) is 5.10 Å². The number of carboxylic acids is 1. The van der Waals surface area contributed by atoms with Crippen molar-refractivity contribution in [1.82, 2.24) is 15.6 Å². The maximum atomic E-state index is 12.1. The van der Waals surface area contributed by atoms with Crippen molar-refractivity contribution in [2.24, 2.45) is 5.10 Å². The number of carbonyl (C=O) groups is 2. The predicted octanol–water partition coefficient (Wildman–Crippen LogP) is 1.30. The summed E-state index contributed by atoms with van der Waals surface area (Å²) in [5, 5.41) is 23.0. The SMILES string of the molecule is CC[n+]1c(SCC(=O)N/N=C/c2ccccc2C(=O)[O-])n[nH]c1-c1ccc(C)cc1. The van der Waals surface area contributed by atoms with Gasteiger partial charge < -0.3 is 9.90 Å². The monoisotopic (exact) mass is 423 g/mol. The zero-order valence-corrected chi connectivity index (χ0v) is 17.4. The lowest BCUT2D eigenvalue weighted by molar-refractivity contribution is -0.719. The number of rotatable bonds is 8. The van der Waals surface area contributed by atoms with Crippen molar-refractivity contribution in [3.05, 3.63) is 65.2 Å². The van der Waals surface area contributed by atoms with Crippen LogP contribution in [0.3, 0.4) is 0 Å². The number of aromatic amines is 1. The average molecular weight is 423 g/mol. The van der Waals surface area contributed by atoms with Gasteiger partial charge in [0.2, 0.25) is 0 Å². The summed E-state index contributed by atoms with van der Waals surface area (Å²) in [6.45, 7) is 4.74. The Bertz CT molecular complexity index is 1080. The van der Waals surface area contributed by atoms with E-state index in [1.54, 1.807) is 18.2 Å². The van der Waals surface area contributed by atoms with Crippen LogP contribution in [-0.2, 0) is 11.3 Å². The summed E-state index contributed by atoms with van der Waals surface area (Å²) in [7, 11) is 0. The number of nitrogens with one attached hydrogen (secondary N) is 2. The Balaban J connectivity index is 1.61. The first kappa shape index (κ1) is 21.3. The lowest BCUT2D eigenvalue weighted by Gasteiger charge is -2.05. The molecule has 0 aliphatic heterocycles. The molecular formula is C21H21N5O3S. The molecule has 2 aromatic carbocycles. The van der Waals surface area contributed by atoms with Crippen LogP contribution in [0.1, 0.15) is 28.4 Å². The number of benzene rings is 2. The fraction of sp³-hybridized carbons (Fsp3) is 0.190. The fourth-order valence-electron chi connectivity index (χ4n) is 2.78. The molecule has 0 spiro atoms. The van der Waals surface area contributed by atoms with Crippen molar-refractivity contribution in [3.8, 4) is 11.4 Å². The number of aryl methyl sites for hydroxylation is 1. The molecule has 2 N–H and O–H groups in total. The normalized spacial score (nSPS) is 11.0. The Morgan fingerprint density at radius 1 is 1.23 bits per heavy atom. The van der Waals surface area contributed by atoms with E-state index in [9.17, 15) is 14.7 Å². The number of nitrogens with zero attached hydrogens (tertiary/aromatic N) is 3. The molecule has 0 saturated heterocycles. The van der Waals surface area contributed by atoms with Gasteiger partial charge in [-0.3, -0.25) is 4.79 Å². The quantitative estimate of drug-likeness (QED) is 0.245. The molecule has 1 aromatic heterocycles. The predicted molar refractivity (Wildman–Crippen MR) is 112 cm³/mol. The molecule has 0 atom stereocenters. The van der Waals surface area contributed by atoms with Crippen molar-refractivity contribution in [1.29, 1.82) is 0 Å². The molecule has 30 heavy (non-hydrogen) atoms. The summed E-state index contributed by atoms with van der Waals surface area (Å²) in [4.78, 5) is 23.2. The highest BCUT2D eigenvalue weighted by Crippen LogP contribution is 2.18. The van der Waals surface area contributed by atoms with E-state index in [0.29, 0.717) is 17.3 Å². The summed E-state index contributed by atoms with van der Waals surface area (Å²) in [6.07, 6.45) is 1.28. The molecule has 154 valence electrons. The third-order valence-corrected chi connectivity index (χ3v) is 5.28. The minimum Gasteiger partial charge on any atom is -0.545 e. The molecule has 1 amide bonds. The number of aromatic nitrogens is 3. The molecule has 0 aliphatic rings. The Morgan fingerprint density at radius 2 is 1.97 bits per heavy atom. The maximum absolute atomic E-state index is 12.1. The summed E-state index contributed by atoms with van der Waals surface area (Å²) < 4.78 is 2.00. The van der Waals surface area contributed by atoms with Crippen molar-refractivity contribution < 1.29 is 19.3 Å². The number of carbonyl (C=O) groups excluding carboxylic acids is 2. The van der Waals surface area contributed by atoms with Crippen molar-refractivity contribution in [3.63, 3.8) is 0 Å². The molecule has 0 saturated carbocycles. The van der Waals surface area contributed by atoms with Gasteiger partial charge in [0.05, 0.1) is 35.1 Å². The molecule has 8 nitrogen and oxygen atoms in total. The van der Waals surface area contributed by atoms with Crippen LogP contribution in [0.25, 0.3) is 11.4 Å². The summed E-state index contributed by atoms with van der Waals surface area (Å²) in [5.74, 6) is -0.648. The highest BCUT2D eigenvalue weighted by atomic mass is 32.2. The second-order valence-corrected chi connectivity index (χ2v) is 7.36. The molecule has 3 rings (SSSR count). The van der Waals surface area contributed by atoms with Crippen LogP contribution in [0.15, 0.2) is 58.8 Å². The van der Waals surface area contributed by atoms with E-state index >= 15 is 0 Å². The average Bonchev–Trinajstić information content (AvgIpc) is 3.16. The molecule has 0 fully saturated rings. The van der Waals surface area contributed by atoms with E-state index in [1.807, 2.05) is 42.7 Å². The van der Waals surface area contributed by atoms with Gasteiger partial charge in [0, 0.05) is 11.1 Å². The van der Waals surface area contributed by atoms with Crippen molar-refractivity contribution in [2.75, 3.05) is 5.75 Å². The zero-order valence-electron chi connectivity index (χ0n) is 16.6. The Morgan fingerprint density at radius 3 is 2.67 bits per heavy atom. The maximum Gasteiger partial charge on any atom is 0.337 e. The van der Waals surface area contributed by atoms with Crippen molar-refractivity contribution >= 4 is 29.9 Å². The van der Waals surface area contributed by atoms with E-state index < -0.39 is 5.97 Å². The minimum absolute atomic E-state index is 0.00835. The fourth-order valence-corrected chi connectivity index (χ4v) is 3.60. The number of hydrogen-bond donors (Lipinski definition) is 2. The van der Waals surface area contributed by atoms with E-state index in [-0.39, 0.29) is 17.2 Å². The molecule has 0 unspecified atom stereocenters. The Labute approximate surface area is 178 Å². The van der Waals surface area contributed by atoms with Crippen LogP contribution in [-0.4, -0.2) is 34.0 Å². The van der Waals surface area contributed by atoms with Crippen LogP contribution >= 0.6 is 11.8 Å². The first-order chi connectivity index (χ1) is 14.5. The molecule has 0 aliphatic carbocycles. The van der Waals surface area contributed by atoms with Crippen LogP contribution < -0.4 is 15.1 Å². The van der Waals surface area contributed by atoms with Gasteiger partial charge in [-0.05, 0) is 37.7 Å². The molecule has 9 heteroatoms. The van der Waals surface area contributed by atoms with Crippen LogP contribution in [0.2, 0.25) is 0 Å². The van der Waals surface area contributed by atoms with Gasteiger partial charge in [0.25, 0.3) is 11.7 Å². The first-order valence-electron chi connectivity index (χ1n) is 9.30. The topological polar surface area (TPSA) is 114 Å². The lowest BCUT2D eigenvalue weighted by atomic mass is 10.1. The number of hydrogen-bond acceptors (Lipinski definition) is 6. The highest BCUT2D eigenvalue weighted by molar-refractivity contribution is 7.99. The molecular weight excluding hydrogens is 402 g/mol. The number of hydrazone groups is 1. The van der Waals surface area contributed by atoms with E-state index in [0.717, 1.165) is 11.4 Å². The summed E-state index contributed by atoms with van der Waals surface area (Å²) in [5.41, 5.74) is 4.95. The van der Waals surface area contributed by atoms with Gasteiger partial charge in [-0.15, -0.1) is 5.10 Å². The van der Waals surface area contributed by atoms with Crippen molar-refractivity contribution in [2.45, 2.75) is 25.5 Å². The number of amides is 1. The minimum atomic E-state index is -1.30. The highest BCUT2D eigenvalue weighted by Gasteiger charge is 2.21. The van der Waals surface area contributed by atoms with Crippen LogP contribution in [0.4, 0.5) is 0 Å². The van der Waals surface area contributed by atoms with E-state index in [4.69, 9.17) is 0 Å². The standard InChI is InChI=1S/C21H21N5O3S/c1-3-26-19(15-10-8-14(2)9-11-15)24-25-21(26)30-13-18(27)23-22-12-16-6-4-5-7-17(16)20(28)29/h4-12H,3,13H2,1-2H3,(H2,23,27,28,29)/b22-12+. The molecule has 3 aromatic rings.